The van der Waals surface area contributed by atoms with Crippen molar-refractivity contribution in [2.45, 2.75) is 19.9 Å². The molecule has 1 aromatic carbocycles. The highest BCUT2D eigenvalue weighted by Crippen LogP contribution is 2.26. The molecule has 0 unspecified atom stereocenters. The van der Waals surface area contributed by atoms with Gasteiger partial charge >= 0.3 is 0 Å². The van der Waals surface area contributed by atoms with Crippen molar-refractivity contribution < 1.29 is 9.53 Å². The molecule has 0 fully saturated rings. The Morgan fingerprint density at radius 2 is 2.10 bits per heavy atom. The number of aromatic nitrogens is 1. The number of anilines is 2. The maximum atomic E-state index is 11.0. The van der Waals surface area contributed by atoms with Crippen LogP contribution in [0.4, 0.5) is 10.8 Å². The van der Waals surface area contributed by atoms with Crippen LogP contribution in [-0.2, 0) is 9.53 Å². The van der Waals surface area contributed by atoms with Crippen molar-refractivity contribution in [1.82, 2.24) is 4.98 Å². The van der Waals surface area contributed by atoms with Crippen molar-refractivity contribution >= 4 is 28.1 Å². The minimum atomic E-state index is -0.0741. The first kappa shape index (κ1) is 15.5. The van der Waals surface area contributed by atoms with Crippen molar-refractivity contribution in [3.63, 3.8) is 0 Å². The standard InChI is InChI=1S/C15H19N3O2S/c1-10(8-20-3)16-15-18-14(9-21-15)12-4-6-13(7-5-12)17-11(2)19/h4-7,9-10H,8H2,1-3H3,(H,16,18)(H,17,19)/t10-/m0/s1. The maximum Gasteiger partial charge on any atom is 0.221 e. The van der Waals surface area contributed by atoms with Crippen LogP contribution in [0.3, 0.4) is 0 Å². The number of hydrogen-bond acceptors (Lipinski definition) is 5. The lowest BCUT2D eigenvalue weighted by atomic mass is 10.1. The third kappa shape index (κ3) is 4.54. The van der Waals surface area contributed by atoms with Crippen LogP contribution < -0.4 is 10.6 Å². The molecule has 0 saturated carbocycles. The van der Waals surface area contributed by atoms with Gasteiger partial charge in [-0.15, -0.1) is 11.3 Å². The molecule has 0 aliphatic rings. The van der Waals surface area contributed by atoms with E-state index in [1.54, 1.807) is 18.4 Å². The molecule has 112 valence electrons. The summed E-state index contributed by atoms with van der Waals surface area (Å²) in [5.74, 6) is -0.0741. The molecule has 6 heteroatoms. The monoisotopic (exact) mass is 305 g/mol. The number of rotatable bonds is 6. The number of nitrogens with zero attached hydrogens (tertiary/aromatic N) is 1. The van der Waals surface area contributed by atoms with Gasteiger partial charge in [-0.05, 0) is 19.1 Å². The van der Waals surface area contributed by atoms with Crippen molar-refractivity contribution in [3.05, 3.63) is 29.6 Å². The number of ether oxygens (including phenoxy) is 1. The fourth-order valence-electron chi connectivity index (χ4n) is 1.90. The number of thiazole rings is 1. The Kier molecular flexibility index (Phi) is 5.30. The van der Waals surface area contributed by atoms with Gasteiger partial charge in [0.05, 0.1) is 12.3 Å². The van der Waals surface area contributed by atoms with Crippen molar-refractivity contribution in [1.29, 1.82) is 0 Å². The highest BCUT2D eigenvalue weighted by atomic mass is 32.1. The van der Waals surface area contributed by atoms with Crippen molar-refractivity contribution in [2.24, 2.45) is 0 Å². The minimum Gasteiger partial charge on any atom is -0.383 e. The van der Waals surface area contributed by atoms with Gasteiger partial charge in [-0.1, -0.05) is 12.1 Å². The van der Waals surface area contributed by atoms with Crippen LogP contribution in [-0.4, -0.2) is 30.6 Å². The number of amides is 1. The predicted octanol–water partition coefficient (Wildman–Crippen LogP) is 3.22. The minimum absolute atomic E-state index is 0.0741. The highest BCUT2D eigenvalue weighted by Gasteiger charge is 2.07. The number of carbonyl (C=O) groups excluding carboxylic acids is 1. The summed E-state index contributed by atoms with van der Waals surface area (Å²) in [4.78, 5) is 15.5. The van der Waals surface area contributed by atoms with Crippen LogP contribution in [0.2, 0.25) is 0 Å². The molecular weight excluding hydrogens is 286 g/mol. The molecule has 1 aromatic heterocycles. The second-order valence-electron chi connectivity index (χ2n) is 4.80. The van der Waals surface area contributed by atoms with Crippen LogP contribution >= 0.6 is 11.3 Å². The summed E-state index contributed by atoms with van der Waals surface area (Å²) in [5.41, 5.74) is 2.72. The molecule has 2 N–H and O–H groups in total. The SMILES string of the molecule is COC[C@H](C)Nc1nc(-c2ccc(NC(C)=O)cc2)cs1. The third-order valence-electron chi connectivity index (χ3n) is 2.79. The van der Waals surface area contributed by atoms with Crippen LogP contribution in [0.5, 0.6) is 0 Å². The number of benzene rings is 1. The zero-order chi connectivity index (χ0) is 15.2. The fraction of sp³-hybridized carbons (Fsp3) is 0.333. The molecule has 5 nitrogen and oxygen atoms in total. The number of carbonyl (C=O) groups is 1. The summed E-state index contributed by atoms with van der Waals surface area (Å²) in [5, 5.41) is 8.93. The summed E-state index contributed by atoms with van der Waals surface area (Å²) < 4.78 is 5.09. The van der Waals surface area contributed by atoms with Crippen molar-refractivity contribution in [2.75, 3.05) is 24.4 Å². The van der Waals surface area contributed by atoms with E-state index in [2.05, 4.69) is 15.6 Å². The zero-order valence-electron chi connectivity index (χ0n) is 12.3. The number of methoxy groups -OCH3 is 1. The van der Waals surface area contributed by atoms with Gasteiger partial charge in [-0.25, -0.2) is 4.98 Å². The highest BCUT2D eigenvalue weighted by molar-refractivity contribution is 7.14. The fourth-order valence-corrected chi connectivity index (χ4v) is 2.73. The van der Waals surface area contributed by atoms with Gasteiger partial charge in [0.1, 0.15) is 0 Å². The Hall–Kier alpha value is -1.92. The molecule has 21 heavy (non-hydrogen) atoms. The summed E-state index contributed by atoms with van der Waals surface area (Å²) in [6.07, 6.45) is 0. The first-order chi connectivity index (χ1) is 10.1. The van der Waals surface area contributed by atoms with Crippen LogP contribution in [0.1, 0.15) is 13.8 Å². The molecule has 2 rings (SSSR count). The van der Waals surface area contributed by atoms with E-state index in [4.69, 9.17) is 4.74 Å². The smallest absolute Gasteiger partial charge is 0.221 e. The second kappa shape index (κ2) is 7.19. The largest absolute Gasteiger partial charge is 0.383 e. The van der Waals surface area contributed by atoms with Crippen LogP contribution in [0.25, 0.3) is 11.3 Å². The molecule has 1 amide bonds. The van der Waals surface area contributed by atoms with E-state index >= 15 is 0 Å². The van der Waals surface area contributed by atoms with E-state index in [0.29, 0.717) is 6.61 Å². The molecule has 0 aliphatic heterocycles. The Bertz CT molecular complexity index is 595. The first-order valence-corrected chi connectivity index (χ1v) is 7.55. The lowest BCUT2D eigenvalue weighted by Crippen LogP contribution is -2.20. The Labute approximate surface area is 128 Å². The zero-order valence-corrected chi connectivity index (χ0v) is 13.2. The molecule has 0 saturated heterocycles. The molecule has 0 radical (unpaired) electrons. The Morgan fingerprint density at radius 3 is 2.71 bits per heavy atom. The van der Waals surface area contributed by atoms with E-state index in [1.807, 2.05) is 36.6 Å². The van der Waals surface area contributed by atoms with Gasteiger partial charge in [0.15, 0.2) is 5.13 Å². The van der Waals surface area contributed by atoms with Crippen LogP contribution in [0, 0.1) is 0 Å². The van der Waals surface area contributed by atoms with E-state index in [9.17, 15) is 4.79 Å². The lowest BCUT2D eigenvalue weighted by Gasteiger charge is -2.10. The summed E-state index contributed by atoms with van der Waals surface area (Å²) in [7, 11) is 1.68. The van der Waals surface area contributed by atoms with Crippen LogP contribution in [0.15, 0.2) is 29.6 Å². The van der Waals surface area contributed by atoms with Gasteiger partial charge in [0.2, 0.25) is 5.91 Å². The number of hydrogen-bond donors (Lipinski definition) is 2. The average molecular weight is 305 g/mol. The van der Waals surface area contributed by atoms with Gasteiger partial charge in [0, 0.05) is 36.7 Å². The quantitative estimate of drug-likeness (QED) is 0.860. The molecule has 0 aliphatic carbocycles. The van der Waals surface area contributed by atoms with Crippen molar-refractivity contribution in [3.8, 4) is 11.3 Å². The molecule has 0 spiro atoms. The predicted molar refractivity (Wildman–Crippen MR) is 86.8 cm³/mol. The Morgan fingerprint density at radius 1 is 1.38 bits per heavy atom. The van der Waals surface area contributed by atoms with Gasteiger partial charge < -0.3 is 15.4 Å². The molecule has 0 bridgehead atoms. The normalized spacial score (nSPS) is 12.0. The summed E-state index contributed by atoms with van der Waals surface area (Å²) in [6.45, 7) is 4.18. The van der Waals surface area contributed by atoms with E-state index in [1.165, 1.54) is 6.92 Å². The van der Waals surface area contributed by atoms with Gasteiger partial charge in [-0.3, -0.25) is 4.79 Å². The second-order valence-corrected chi connectivity index (χ2v) is 5.66. The average Bonchev–Trinajstić information content (AvgIpc) is 2.87. The molecular formula is C15H19N3O2S. The van der Waals surface area contributed by atoms with Gasteiger partial charge in [-0.2, -0.15) is 0 Å². The summed E-state index contributed by atoms with van der Waals surface area (Å²) in [6, 6.07) is 7.86. The van der Waals surface area contributed by atoms with E-state index in [0.717, 1.165) is 22.1 Å². The van der Waals surface area contributed by atoms with Gasteiger partial charge in [0.25, 0.3) is 0 Å². The number of nitrogens with one attached hydrogen (secondary N) is 2. The molecule has 1 atom stereocenters. The third-order valence-corrected chi connectivity index (χ3v) is 3.57. The molecule has 2 aromatic rings. The topological polar surface area (TPSA) is 63.2 Å². The first-order valence-electron chi connectivity index (χ1n) is 6.67. The Balaban J connectivity index is 2.05. The lowest BCUT2D eigenvalue weighted by molar-refractivity contribution is -0.114. The van der Waals surface area contributed by atoms with E-state index in [-0.39, 0.29) is 11.9 Å². The maximum absolute atomic E-state index is 11.0. The molecule has 1 heterocycles. The summed E-state index contributed by atoms with van der Waals surface area (Å²) >= 11 is 1.57. The van der Waals surface area contributed by atoms with E-state index < -0.39 is 0 Å².